The summed E-state index contributed by atoms with van der Waals surface area (Å²) in [5.41, 5.74) is 12.1. The largest absolute Gasteiger partial charge is 0.514 e. The quantitative estimate of drug-likeness (QED) is 0.480. The van der Waals surface area contributed by atoms with Crippen LogP contribution in [0.25, 0.3) is 0 Å². The van der Waals surface area contributed by atoms with Gasteiger partial charge in [-0.05, 0) is 44.2 Å². The molecule has 1 fully saturated rings. The van der Waals surface area contributed by atoms with E-state index in [0.717, 1.165) is 25.9 Å². The zero-order chi connectivity index (χ0) is 19.2. The third kappa shape index (κ3) is 5.14. The molecule has 0 radical (unpaired) electrons. The number of pyridine rings is 1. The normalized spacial score (nSPS) is 15.7. The van der Waals surface area contributed by atoms with Crippen LogP contribution in [-0.4, -0.2) is 42.3 Å². The van der Waals surface area contributed by atoms with Crippen molar-refractivity contribution >= 4 is 29.2 Å². The molecule has 9 heteroatoms. The number of piperidine rings is 1. The second-order valence-electron chi connectivity index (χ2n) is 6.28. The first-order valence-corrected chi connectivity index (χ1v) is 8.61. The lowest BCUT2D eigenvalue weighted by atomic mass is 10.1. The van der Waals surface area contributed by atoms with Crippen molar-refractivity contribution in [3.63, 3.8) is 0 Å². The Morgan fingerprint density at radius 1 is 1.11 bits per heavy atom. The number of para-hydroxylation sites is 1. The molecule has 0 amide bonds. The van der Waals surface area contributed by atoms with Crippen LogP contribution in [0, 0.1) is 0 Å². The summed E-state index contributed by atoms with van der Waals surface area (Å²) < 4.78 is 10.7. The molecule has 27 heavy (non-hydrogen) atoms. The zero-order valence-corrected chi connectivity index (χ0v) is 15.0. The highest BCUT2D eigenvalue weighted by Gasteiger charge is 2.21. The Morgan fingerprint density at radius 2 is 1.81 bits per heavy atom. The van der Waals surface area contributed by atoms with E-state index in [-0.39, 0.29) is 17.7 Å². The van der Waals surface area contributed by atoms with Crippen molar-refractivity contribution < 1.29 is 14.3 Å². The van der Waals surface area contributed by atoms with E-state index in [9.17, 15) is 4.79 Å². The molecule has 2 aromatic rings. The number of aromatic nitrogens is 1. The first-order chi connectivity index (χ1) is 13.0. The van der Waals surface area contributed by atoms with E-state index in [1.807, 2.05) is 7.05 Å². The molecule has 2 heterocycles. The number of nitrogens with zero attached hydrogens (tertiary/aromatic N) is 4. The molecule has 142 valence electrons. The van der Waals surface area contributed by atoms with Crippen LogP contribution in [0.1, 0.15) is 12.8 Å². The van der Waals surface area contributed by atoms with Gasteiger partial charge in [-0.25, -0.2) is 9.78 Å². The molecule has 0 spiro atoms. The fraction of sp³-hybridized carbons (Fsp3) is 0.333. The second kappa shape index (κ2) is 8.45. The van der Waals surface area contributed by atoms with Crippen LogP contribution < -0.4 is 16.2 Å². The van der Waals surface area contributed by atoms with E-state index in [4.69, 9.17) is 20.9 Å². The average molecular weight is 370 g/mol. The molecule has 0 bridgehead atoms. The average Bonchev–Trinajstić information content (AvgIpc) is 2.64. The SMILES string of the molecule is CN1CCC(OC(=O)Oc2ccccc2/N=N/c2ccc(N)nc2N)CC1. The molecular formula is C18H22N6O3. The summed E-state index contributed by atoms with van der Waals surface area (Å²) in [5.74, 6) is 0.715. The Bertz CT molecular complexity index is 834. The number of anilines is 2. The molecule has 3 rings (SSSR count). The number of azo groups is 1. The highest BCUT2D eigenvalue weighted by atomic mass is 16.7. The number of likely N-dealkylation sites (tertiary alicyclic amines) is 1. The van der Waals surface area contributed by atoms with Crippen LogP contribution >= 0.6 is 0 Å². The summed E-state index contributed by atoms with van der Waals surface area (Å²) in [4.78, 5) is 18.2. The number of ether oxygens (including phenoxy) is 2. The molecule has 1 saturated heterocycles. The van der Waals surface area contributed by atoms with E-state index >= 15 is 0 Å². The monoisotopic (exact) mass is 370 g/mol. The van der Waals surface area contributed by atoms with E-state index in [1.54, 1.807) is 36.4 Å². The smallest absolute Gasteiger partial charge is 0.431 e. The molecule has 0 atom stereocenters. The Hall–Kier alpha value is -3.20. The van der Waals surface area contributed by atoms with Gasteiger partial charge in [0.25, 0.3) is 0 Å². The Labute approximate surface area is 157 Å². The Morgan fingerprint density at radius 3 is 2.56 bits per heavy atom. The predicted molar refractivity (Wildman–Crippen MR) is 101 cm³/mol. The number of rotatable bonds is 4. The van der Waals surface area contributed by atoms with Crippen molar-refractivity contribution in [1.29, 1.82) is 0 Å². The van der Waals surface area contributed by atoms with Gasteiger partial charge in [0.1, 0.15) is 23.3 Å². The predicted octanol–water partition coefficient (Wildman–Crippen LogP) is 3.27. The molecule has 4 N–H and O–H groups in total. The van der Waals surface area contributed by atoms with Crippen LogP contribution in [0.3, 0.4) is 0 Å². The first kappa shape index (κ1) is 18.6. The number of benzene rings is 1. The lowest BCUT2D eigenvalue weighted by Crippen LogP contribution is -2.35. The van der Waals surface area contributed by atoms with E-state index in [2.05, 4.69) is 20.1 Å². The second-order valence-corrected chi connectivity index (χ2v) is 6.28. The zero-order valence-electron chi connectivity index (χ0n) is 15.0. The number of carbonyl (C=O) groups is 1. The molecule has 1 aliphatic rings. The highest BCUT2D eigenvalue weighted by Crippen LogP contribution is 2.30. The molecular weight excluding hydrogens is 348 g/mol. The van der Waals surface area contributed by atoms with Crippen LogP contribution in [0.5, 0.6) is 5.75 Å². The fourth-order valence-corrected chi connectivity index (χ4v) is 2.65. The summed E-state index contributed by atoms with van der Waals surface area (Å²) in [6.07, 6.45) is 0.691. The molecule has 0 aliphatic carbocycles. The minimum atomic E-state index is -0.749. The van der Waals surface area contributed by atoms with Crippen molar-refractivity contribution in [2.45, 2.75) is 18.9 Å². The maximum atomic E-state index is 12.1. The van der Waals surface area contributed by atoms with Gasteiger partial charge in [-0.2, -0.15) is 0 Å². The number of nitrogens with two attached hydrogens (primary N) is 2. The maximum absolute atomic E-state index is 12.1. The van der Waals surface area contributed by atoms with Gasteiger partial charge in [-0.1, -0.05) is 12.1 Å². The van der Waals surface area contributed by atoms with Gasteiger partial charge in [0, 0.05) is 13.1 Å². The van der Waals surface area contributed by atoms with Crippen LogP contribution in [0.15, 0.2) is 46.6 Å². The Balaban J connectivity index is 1.66. The lowest BCUT2D eigenvalue weighted by molar-refractivity contribution is 0.0292. The van der Waals surface area contributed by atoms with Gasteiger partial charge in [0.15, 0.2) is 11.6 Å². The lowest BCUT2D eigenvalue weighted by Gasteiger charge is -2.28. The molecule has 0 unspecified atom stereocenters. The topological polar surface area (TPSA) is 128 Å². The van der Waals surface area contributed by atoms with Crippen molar-refractivity contribution in [3.05, 3.63) is 36.4 Å². The van der Waals surface area contributed by atoms with Gasteiger partial charge < -0.3 is 25.8 Å². The van der Waals surface area contributed by atoms with Crippen molar-refractivity contribution in [1.82, 2.24) is 9.88 Å². The summed E-state index contributed by atoms with van der Waals surface area (Å²) in [7, 11) is 2.04. The van der Waals surface area contributed by atoms with Crippen molar-refractivity contribution in [2.75, 3.05) is 31.6 Å². The molecule has 9 nitrogen and oxygen atoms in total. The van der Waals surface area contributed by atoms with Gasteiger partial charge in [0.2, 0.25) is 0 Å². The minimum Gasteiger partial charge on any atom is -0.431 e. The highest BCUT2D eigenvalue weighted by molar-refractivity contribution is 5.68. The third-order valence-corrected chi connectivity index (χ3v) is 4.18. The first-order valence-electron chi connectivity index (χ1n) is 8.61. The fourth-order valence-electron chi connectivity index (χ4n) is 2.65. The summed E-state index contributed by atoms with van der Waals surface area (Å²) in [5, 5.41) is 8.15. The van der Waals surface area contributed by atoms with Gasteiger partial charge >= 0.3 is 6.16 Å². The van der Waals surface area contributed by atoms with Gasteiger partial charge in [-0.15, -0.1) is 10.2 Å². The number of hydrogen-bond acceptors (Lipinski definition) is 9. The number of hydrogen-bond donors (Lipinski definition) is 2. The molecule has 1 aromatic heterocycles. The van der Waals surface area contributed by atoms with Gasteiger partial charge in [0.05, 0.1) is 0 Å². The Kier molecular flexibility index (Phi) is 5.82. The van der Waals surface area contributed by atoms with Crippen LogP contribution in [0.4, 0.5) is 27.8 Å². The van der Waals surface area contributed by atoms with Crippen molar-refractivity contribution in [2.24, 2.45) is 10.2 Å². The third-order valence-electron chi connectivity index (χ3n) is 4.18. The molecule has 0 saturated carbocycles. The maximum Gasteiger partial charge on any atom is 0.514 e. The van der Waals surface area contributed by atoms with Crippen LogP contribution in [0.2, 0.25) is 0 Å². The van der Waals surface area contributed by atoms with Crippen LogP contribution in [-0.2, 0) is 4.74 Å². The van der Waals surface area contributed by atoms with E-state index in [0.29, 0.717) is 17.2 Å². The number of carbonyl (C=O) groups excluding carboxylic acids is 1. The summed E-state index contributed by atoms with van der Waals surface area (Å²) in [6.45, 7) is 1.78. The summed E-state index contributed by atoms with van der Waals surface area (Å²) in [6, 6.07) is 9.97. The van der Waals surface area contributed by atoms with Crippen molar-refractivity contribution in [3.8, 4) is 5.75 Å². The minimum absolute atomic E-state index is 0.136. The van der Waals surface area contributed by atoms with E-state index in [1.165, 1.54) is 0 Å². The molecule has 1 aliphatic heterocycles. The number of nitrogen functional groups attached to an aromatic ring is 2. The van der Waals surface area contributed by atoms with E-state index < -0.39 is 6.16 Å². The summed E-state index contributed by atoms with van der Waals surface area (Å²) >= 11 is 0. The van der Waals surface area contributed by atoms with Gasteiger partial charge in [-0.3, -0.25) is 0 Å². The molecule has 1 aromatic carbocycles. The standard InChI is InChI=1S/C18H22N6O3/c1-24-10-8-12(9-11-24)26-18(25)27-15-5-3-2-4-13(15)22-23-14-6-7-16(19)21-17(14)20/h2-7,12H,8-11H2,1H3,(H4,19,20,21)/b23-22+.